The van der Waals surface area contributed by atoms with Crippen LogP contribution < -0.4 is 10.5 Å². The fraction of sp³-hybridized carbons (Fsp3) is 0.188. The van der Waals surface area contributed by atoms with Gasteiger partial charge in [0.25, 0.3) is 0 Å². The van der Waals surface area contributed by atoms with E-state index in [0.29, 0.717) is 23.8 Å². The normalized spacial score (nSPS) is 10.9. The van der Waals surface area contributed by atoms with Crippen molar-refractivity contribution in [2.24, 2.45) is 0 Å². The molecule has 0 bridgehead atoms. The number of nitrogens with zero attached hydrogens (tertiary/aromatic N) is 1. The number of aryl methyl sites for hydroxylation is 2. The maximum atomic E-state index is 5.71. The number of fused-ring (bicyclic) bond motifs is 1. The van der Waals surface area contributed by atoms with Gasteiger partial charge in [-0.25, -0.2) is 4.98 Å². The molecule has 20 heavy (non-hydrogen) atoms. The van der Waals surface area contributed by atoms with Gasteiger partial charge in [-0.05, 0) is 49.2 Å². The molecule has 2 N–H and O–H groups in total. The van der Waals surface area contributed by atoms with Crippen molar-refractivity contribution >= 4 is 16.8 Å². The minimum absolute atomic E-state index is 0.303. The SMILES string of the molecule is Cc1ccc(OCc2nc3ccc(N)cc3o2)cc1C. The molecule has 0 aliphatic rings. The monoisotopic (exact) mass is 268 g/mol. The summed E-state index contributed by atoms with van der Waals surface area (Å²) < 4.78 is 11.3. The number of rotatable bonds is 3. The van der Waals surface area contributed by atoms with Crippen molar-refractivity contribution in [1.29, 1.82) is 0 Å². The highest BCUT2D eigenvalue weighted by molar-refractivity contribution is 5.76. The van der Waals surface area contributed by atoms with Crippen LogP contribution in [-0.2, 0) is 6.61 Å². The molecule has 0 saturated carbocycles. The molecule has 0 aliphatic carbocycles. The molecule has 3 rings (SSSR count). The lowest BCUT2D eigenvalue weighted by Gasteiger charge is -2.06. The average molecular weight is 268 g/mol. The van der Waals surface area contributed by atoms with E-state index >= 15 is 0 Å². The number of nitrogens with two attached hydrogens (primary N) is 1. The largest absolute Gasteiger partial charge is 0.484 e. The maximum absolute atomic E-state index is 5.71. The first-order valence-electron chi connectivity index (χ1n) is 6.47. The van der Waals surface area contributed by atoms with Crippen LogP contribution >= 0.6 is 0 Å². The first-order chi connectivity index (χ1) is 9.61. The number of anilines is 1. The Hall–Kier alpha value is -2.49. The maximum Gasteiger partial charge on any atom is 0.233 e. The van der Waals surface area contributed by atoms with Crippen molar-refractivity contribution in [3.63, 3.8) is 0 Å². The van der Waals surface area contributed by atoms with Crippen molar-refractivity contribution in [3.05, 3.63) is 53.4 Å². The number of benzene rings is 2. The van der Waals surface area contributed by atoms with E-state index in [1.54, 1.807) is 12.1 Å². The summed E-state index contributed by atoms with van der Waals surface area (Å²) in [7, 11) is 0. The van der Waals surface area contributed by atoms with Crippen LogP contribution in [0.1, 0.15) is 17.0 Å². The third-order valence-corrected chi connectivity index (χ3v) is 3.30. The minimum atomic E-state index is 0.303. The van der Waals surface area contributed by atoms with Crippen molar-refractivity contribution in [3.8, 4) is 5.75 Å². The van der Waals surface area contributed by atoms with Crippen molar-refractivity contribution in [1.82, 2.24) is 4.98 Å². The fourth-order valence-corrected chi connectivity index (χ4v) is 2.00. The predicted octanol–water partition coefficient (Wildman–Crippen LogP) is 3.61. The molecule has 0 saturated heterocycles. The summed E-state index contributed by atoms with van der Waals surface area (Å²) in [4.78, 5) is 4.36. The minimum Gasteiger partial charge on any atom is -0.484 e. The summed E-state index contributed by atoms with van der Waals surface area (Å²) in [5.74, 6) is 1.36. The van der Waals surface area contributed by atoms with Crippen LogP contribution in [0.5, 0.6) is 5.75 Å². The Kier molecular flexibility index (Phi) is 3.06. The lowest BCUT2D eigenvalue weighted by atomic mass is 10.1. The Balaban J connectivity index is 1.77. The highest BCUT2D eigenvalue weighted by atomic mass is 16.5. The molecule has 4 nitrogen and oxygen atoms in total. The van der Waals surface area contributed by atoms with E-state index in [-0.39, 0.29) is 0 Å². The predicted molar refractivity (Wildman–Crippen MR) is 78.7 cm³/mol. The van der Waals surface area contributed by atoms with Crippen molar-refractivity contribution in [2.45, 2.75) is 20.5 Å². The lowest BCUT2D eigenvalue weighted by Crippen LogP contribution is -1.96. The molecule has 4 heteroatoms. The first-order valence-corrected chi connectivity index (χ1v) is 6.47. The van der Waals surface area contributed by atoms with Gasteiger partial charge in [0.15, 0.2) is 12.2 Å². The molecule has 3 aromatic rings. The van der Waals surface area contributed by atoms with E-state index < -0.39 is 0 Å². The van der Waals surface area contributed by atoms with Crippen LogP contribution in [0.25, 0.3) is 11.1 Å². The van der Waals surface area contributed by atoms with Crippen molar-refractivity contribution in [2.75, 3.05) is 5.73 Å². The lowest BCUT2D eigenvalue weighted by molar-refractivity contribution is 0.267. The van der Waals surface area contributed by atoms with Gasteiger partial charge in [0, 0.05) is 11.8 Å². The van der Waals surface area contributed by atoms with Crippen LogP contribution in [0.15, 0.2) is 40.8 Å². The fourth-order valence-electron chi connectivity index (χ4n) is 2.00. The molecular formula is C16H16N2O2. The quantitative estimate of drug-likeness (QED) is 0.737. The van der Waals surface area contributed by atoms with Gasteiger partial charge in [-0.2, -0.15) is 0 Å². The Morgan fingerprint density at radius 3 is 2.75 bits per heavy atom. The molecule has 0 radical (unpaired) electrons. The summed E-state index contributed by atoms with van der Waals surface area (Å²) in [6, 6.07) is 11.4. The van der Waals surface area contributed by atoms with Gasteiger partial charge >= 0.3 is 0 Å². The molecule has 0 unspecified atom stereocenters. The summed E-state index contributed by atoms with van der Waals surface area (Å²) in [5, 5.41) is 0. The standard InChI is InChI=1S/C16H16N2O2/c1-10-3-5-13(7-11(10)2)19-9-16-18-14-6-4-12(17)8-15(14)20-16/h3-8H,9,17H2,1-2H3. The number of aromatic nitrogens is 1. The van der Waals surface area contributed by atoms with Gasteiger partial charge in [-0.15, -0.1) is 0 Å². The smallest absolute Gasteiger partial charge is 0.233 e. The summed E-state index contributed by atoms with van der Waals surface area (Å²) in [6.45, 7) is 4.44. The molecule has 0 amide bonds. The van der Waals surface area contributed by atoms with Gasteiger partial charge < -0.3 is 14.9 Å². The number of oxazole rings is 1. The van der Waals surface area contributed by atoms with E-state index in [1.165, 1.54) is 11.1 Å². The number of hydrogen-bond donors (Lipinski definition) is 1. The van der Waals surface area contributed by atoms with E-state index in [9.17, 15) is 0 Å². The molecule has 0 fully saturated rings. The molecule has 0 atom stereocenters. The van der Waals surface area contributed by atoms with Crippen LogP contribution in [0.2, 0.25) is 0 Å². The Morgan fingerprint density at radius 1 is 1.10 bits per heavy atom. The Morgan fingerprint density at radius 2 is 1.95 bits per heavy atom. The summed E-state index contributed by atoms with van der Waals surface area (Å²) in [6.07, 6.45) is 0. The number of nitrogen functional groups attached to an aromatic ring is 1. The third kappa shape index (κ3) is 2.45. The van der Waals surface area contributed by atoms with Gasteiger partial charge in [0.1, 0.15) is 11.3 Å². The van der Waals surface area contributed by atoms with E-state index in [2.05, 4.69) is 18.8 Å². The van der Waals surface area contributed by atoms with Gasteiger partial charge in [-0.1, -0.05) is 6.07 Å². The molecule has 2 aromatic carbocycles. The topological polar surface area (TPSA) is 61.3 Å². The second kappa shape index (κ2) is 4.89. The zero-order chi connectivity index (χ0) is 14.1. The summed E-state index contributed by atoms with van der Waals surface area (Å²) in [5.41, 5.74) is 10.3. The summed E-state index contributed by atoms with van der Waals surface area (Å²) >= 11 is 0. The highest BCUT2D eigenvalue weighted by Crippen LogP contribution is 2.21. The van der Waals surface area contributed by atoms with E-state index in [1.807, 2.05) is 24.3 Å². The Labute approximate surface area is 117 Å². The number of ether oxygens (including phenoxy) is 1. The zero-order valence-electron chi connectivity index (χ0n) is 11.5. The second-order valence-electron chi connectivity index (χ2n) is 4.87. The van der Waals surface area contributed by atoms with Crippen LogP contribution in [0, 0.1) is 13.8 Å². The third-order valence-electron chi connectivity index (χ3n) is 3.30. The zero-order valence-corrected chi connectivity index (χ0v) is 11.5. The molecule has 102 valence electrons. The van der Waals surface area contributed by atoms with Gasteiger partial charge in [0.2, 0.25) is 5.89 Å². The van der Waals surface area contributed by atoms with Crippen LogP contribution in [0.4, 0.5) is 5.69 Å². The first kappa shape index (κ1) is 12.5. The van der Waals surface area contributed by atoms with E-state index in [0.717, 1.165) is 11.3 Å². The van der Waals surface area contributed by atoms with Crippen LogP contribution in [-0.4, -0.2) is 4.98 Å². The van der Waals surface area contributed by atoms with Gasteiger partial charge in [0.05, 0.1) is 0 Å². The highest BCUT2D eigenvalue weighted by Gasteiger charge is 2.07. The second-order valence-corrected chi connectivity index (χ2v) is 4.87. The molecular weight excluding hydrogens is 252 g/mol. The van der Waals surface area contributed by atoms with Gasteiger partial charge in [-0.3, -0.25) is 0 Å². The molecule has 1 aromatic heterocycles. The van der Waals surface area contributed by atoms with E-state index in [4.69, 9.17) is 14.9 Å². The molecule has 0 spiro atoms. The molecule has 0 aliphatic heterocycles. The van der Waals surface area contributed by atoms with Crippen LogP contribution in [0.3, 0.4) is 0 Å². The molecule has 1 heterocycles. The Bertz CT molecular complexity index is 762. The average Bonchev–Trinajstić information content (AvgIpc) is 2.82. The van der Waals surface area contributed by atoms with Crippen molar-refractivity contribution < 1.29 is 9.15 Å². The number of hydrogen-bond acceptors (Lipinski definition) is 4.